The molecule has 0 aliphatic rings. The Bertz CT molecular complexity index is 298. The summed E-state index contributed by atoms with van der Waals surface area (Å²) < 4.78 is 0. The Morgan fingerprint density at radius 3 is 2.50 bits per heavy atom. The van der Waals surface area contributed by atoms with E-state index in [-0.39, 0.29) is 19.1 Å². The van der Waals surface area contributed by atoms with E-state index in [1.54, 1.807) is 6.92 Å². The maximum Gasteiger partial charge on any atom is 0.327 e. The molecule has 0 rings (SSSR count). The molecule has 0 fully saturated rings. The Kier molecular flexibility index (Phi) is 5.96. The molecule has 6 heteroatoms. The maximum atomic E-state index is 11.5. The number of carboxylic acids is 1. The van der Waals surface area contributed by atoms with Gasteiger partial charge in [-0.1, -0.05) is 0 Å². The number of amides is 2. The molecule has 0 heterocycles. The van der Waals surface area contributed by atoms with Gasteiger partial charge in [0.1, 0.15) is 6.04 Å². The van der Waals surface area contributed by atoms with Crippen LogP contribution in [0.3, 0.4) is 0 Å². The van der Waals surface area contributed by atoms with Crippen molar-refractivity contribution >= 4 is 12.0 Å². The van der Waals surface area contributed by atoms with Crippen LogP contribution in [0, 0.1) is 12.3 Å². The fourth-order valence-electron chi connectivity index (χ4n) is 0.891. The van der Waals surface area contributed by atoms with Crippen LogP contribution in [0.2, 0.25) is 0 Å². The van der Waals surface area contributed by atoms with Gasteiger partial charge in [0, 0.05) is 13.5 Å². The number of hydrogen-bond acceptors (Lipinski definition) is 3. The summed E-state index contributed by atoms with van der Waals surface area (Å²) >= 11 is 0. The quantitative estimate of drug-likeness (QED) is 0.552. The van der Waals surface area contributed by atoms with E-state index in [0.29, 0.717) is 0 Å². The number of hydrogen-bond donors (Lipinski definition) is 3. The molecule has 0 saturated heterocycles. The minimum Gasteiger partial charge on any atom is -0.480 e. The Hall–Kier alpha value is -1.74. The van der Waals surface area contributed by atoms with E-state index >= 15 is 0 Å². The molecule has 0 spiro atoms. The lowest BCUT2D eigenvalue weighted by Crippen LogP contribution is -2.49. The average Bonchev–Trinajstić information content (AvgIpc) is 2.25. The van der Waals surface area contributed by atoms with Crippen molar-refractivity contribution in [1.82, 2.24) is 10.2 Å². The first-order valence-corrected chi connectivity index (χ1v) is 4.74. The molecule has 0 aromatic rings. The minimum atomic E-state index is -1.18. The highest BCUT2D eigenvalue weighted by Crippen LogP contribution is 1.98. The molecule has 16 heavy (non-hydrogen) atoms. The van der Waals surface area contributed by atoms with E-state index in [0.717, 1.165) is 0 Å². The molecule has 0 saturated carbocycles. The van der Waals surface area contributed by atoms with Crippen molar-refractivity contribution in [2.75, 3.05) is 13.7 Å². The number of aliphatic hydroxyl groups is 1. The molecular weight excluding hydrogens is 212 g/mol. The van der Waals surface area contributed by atoms with Gasteiger partial charge in [-0.15, -0.1) is 12.3 Å². The zero-order valence-corrected chi connectivity index (χ0v) is 9.30. The fourth-order valence-corrected chi connectivity index (χ4v) is 0.891. The predicted octanol–water partition coefficient (Wildman–Crippen LogP) is -0.515. The standard InChI is InChI=1S/C10H16N2O4/c1-4-5-8(9(14)15)11-10(16)12(3)7(2)6-13/h1,7-8,13H,5-6H2,2-3H3,(H,11,16)(H,14,15). The monoisotopic (exact) mass is 228 g/mol. The number of likely N-dealkylation sites (N-methyl/N-ethyl adjacent to an activating group) is 1. The normalized spacial score (nSPS) is 13.4. The summed E-state index contributed by atoms with van der Waals surface area (Å²) in [4.78, 5) is 23.4. The van der Waals surface area contributed by atoms with Crippen LogP contribution >= 0.6 is 0 Å². The second-order valence-electron chi connectivity index (χ2n) is 3.39. The van der Waals surface area contributed by atoms with Crippen LogP contribution in [0.15, 0.2) is 0 Å². The highest BCUT2D eigenvalue weighted by Gasteiger charge is 2.22. The number of nitrogens with zero attached hydrogens (tertiary/aromatic N) is 1. The molecule has 6 nitrogen and oxygen atoms in total. The smallest absolute Gasteiger partial charge is 0.327 e. The largest absolute Gasteiger partial charge is 0.480 e. The number of carboxylic acid groups (broad SMARTS) is 1. The molecule has 90 valence electrons. The predicted molar refractivity (Wildman–Crippen MR) is 57.7 cm³/mol. The highest BCUT2D eigenvalue weighted by atomic mass is 16.4. The van der Waals surface area contributed by atoms with Gasteiger partial charge in [0.05, 0.1) is 12.6 Å². The summed E-state index contributed by atoms with van der Waals surface area (Å²) in [7, 11) is 1.46. The summed E-state index contributed by atoms with van der Waals surface area (Å²) in [5, 5.41) is 19.8. The summed E-state index contributed by atoms with van der Waals surface area (Å²) in [5.74, 6) is 0.989. The van der Waals surface area contributed by atoms with E-state index in [9.17, 15) is 9.59 Å². The SMILES string of the molecule is C#CCC(NC(=O)N(C)C(C)CO)C(=O)O. The van der Waals surface area contributed by atoms with E-state index in [1.165, 1.54) is 11.9 Å². The molecule has 0 radical (unpaired) electrons. The Balaban J connectivity index is 4.41. The van der Waals surface area contributed by atoms with Crippen LogP contribution in [0.5, 0.6) is 0 Å². The number of carbonyl (C=O) groups is 2. The Labute approximate surface area is 94.2 Å². The van der Waals surface area contributed by atoms with Gasteiger partial charge in [-0.3, -0.25) is 0 Å². The highest BCUT2D eigenvalue weighted by molar-refractivity contribution is 5.82. The van der Waals surface area contributed by atoms with Gasteiger partial charge < -0.3 is 20.4 Å². The molecule has 2 atom stereocenters. The van der Waals surface area contributed by atoms with Crippen molar-refractivity contribution in [1.29, 1.82) is 0 Å². The lowest BCUT2D eigenvalue weighted by Gasteiger charge is -2.25. The molecule has 0 aromatic heterocycles. The van der Waals surface area contributed by atoms with Gasteiger partial charge >= 0.3 is 12.0 Å². The number of carbonyl (C=O) groups excluding carboxylic acids is 1. The molecule has 0 bridgehead atoms. The molecule has 0 aliphatic carbocycles. The molecule has 3 N–H and O–H groups in total. The third-order valence-electron chi connectivity index (χ3n) is 2.16. The van der Waals surface area contributed by atoms with Crippen molar-refractivity contribution in [3.05, 3.63) is 0 Å². The first-order valence-electron chi connectivity index (χ1n) is 4.74. The average molecular weight is 228 g/mol. The minimum absolute atomic E-state index is 0.0809. The van der Waals surface area contributed by atoms with Crippen LogP contribution in [-0.2, 0) is 4.79 Å². The van der Waals surface area contributed by atoms with Crippen LogP contribution in [0.4, 0.5) is 4.79 Å². The van der Waals surface area contributed by atoms with Gasteiger partial charge in [0.25, 0.3) is 0 Å². The molecular formula is C10H16N2O4. The van der Waals surface area contributed by atoms with Gasteiger partial charge in [-0.25, -0.2) is 9.59 Å². The zero-order valence-electron chi connectivity index (χ0n) is 9.30. The second kappa shape index (κ2) is 6.69. The maximum absolute atomic E-state index is 11.5. The van der Waals surface area contributed by atoms with Gasteiger partial charge in [0.2, 0.25) is 0 Å². The Morgan fingerprint density at radius 2 is 2.12 bits per heavy atom. The summed E-state index contributed by atoms with van der Waals surface area (Å²) in [5.41, 5.74) is 0. The number of terminal acetylenes is 1. The first-order chi connectivity index (χ1) is 7.43. The number of aliphatic carboxylic acids is 1. The van der Waals surface area contributed by atoms with Gasteiger partial charge in [0.15, 0.2) is 0 Å². The van der Waals surface area contributed by atoms with Crippen molar-refractivity contribution in [2.24, 2.45) is 0 Å². The topological polar surface area (TPSA) is 89.9 Å². The number of rotatable bonds is 5. The van der Waals surface area contributed by atoms with E-state index in [2.05, 4.69) is 11.2 Å². The lowest BCUT2D eigenvalue weighted by molar-refractivity contribution is -0.139. The van der Waals surface area contributed by atoms with Crippen molar-refractivity contribution < 1.29 is 19.8 Å². The third kappa shape index (κ3) is 4.19. The number of urea groups is 1. The lowest BCUT2D eigenvalue weighted by atomic mass is 10.2. The molecule has 0 aliphatic heterocycles. The van der Waals surface area contributed by atoms with E-state index in [4.69, 9.17) is 16.6 Å². The summed E-state index contributed by atoms with van der Waals surface area (Å²) in [6.07, 6.45) is 4.91. The number of aliphatic hydroxyl groups excluding tert-OH is 1. The number of nitrogens with one attached hydrogen (secondary N) is 1. The van der Waals surface area contributed by atoms with Crippen LogP contribution < -0.4 is 5.32 Å². The fraction of sp³-hybridized carbons (Fsp3) is 0.600. The van der Waals surface area contributed by atoms with E-state index < -0.39 is 18.0 Å². The summed E-state index contributed by atoms with van der Waals surface area (Å²) in [6, 6.07) is -2.07. The molecule has 2 amide bonds. The second-order valence-corrected chi connectivity index (χ2v) is 3.39. The first kappa shape index (κ1) is 14.3. The van der Waals surface area contributed by atoms with Crippen LogP contribution in [-0.4, -0.2) is 52.9 Å². The van der Waals surface area contributed by atoms with Crippen molar-refractivity contribution in [2.45, 2.75) is 25.4 Å². The van der Waals surface area contributed by atoms with Gasteiger partial charge in [-0.2, -0.15) is 0 Å². The molecule has 0 aromatic carbocycles. The van der Waals surface area contributed by atoms with Crippen molar-refractivity contribution in [3.63, 3.8) is 0 Å². The zero-order chi connectivity index (χ0) is 12.7. The Morgan fingerprint density at radius 1 is 1.56 bits per heavy atom. The van der Waals surface area contributed by atoms with Crippen LogP contribution in [0.1, 0.15) is 13.3 Å². The summed E-state index contributed by atoms with van der Waals surface area (Å²) in [6.45, 7) is 1.44. The van der Waals surface area contributed by atoms with E-state index in [1.807, 2.05) is 0 Å². The third-order valence-corrected chi connectivity index (χ3v) is 2.16. The molecule has 2 unspecified atom stereocenters. The van der Waals surface area contributed by atoms with Crippen LogP contribution in [0.25, 0.3) is 0 Å². The van der Waals surface area contributed by atoms with Crippen molar-refractivity contribution in [3.8, 4) is 12.3 Å². The van der Waals surface area contributed by atoms with Gasteiger partial charge in [-0.05, 0) is 6.92 Å².